The van der Waals surface area contributed by atoms with E-state index < -0.39 is 130 Å². The van der Waals surface area contributed by atoms with Gasteiger partial charge in [0.25, 0.3) is 20.3 Å². The smallest absolute Gasteiger partial charge is 0.421 e. The van der Waals surface area contributed by atoms with Crippen molar-refractivity contribution in [3.63, 3.8) is 0 Å². The van der Waals surface area contributed by atoms with Gasteiger partial charge in [0.2, 0.25) is 0 Å². The number of hydrogen-bond acceptors (Lipinski definition) is 30. The maximum absolute atomic E-state index is 15.1. The quantitative estimate of drug-likeness (QED) is 0.0132. The minimum absolute atomic E-state index is 0. The zero-order valence-electron chi connectivity index (χ0n) is 63.0. The molecule has 0 radical (unpaired) electrons. The number of methoxy groups -OCH3 is 6. The molecule has 0 spiro atoms. The highest BCUT2D eigenvalue weighted by Gasteiger charge is 2.41. The lowest BCUT2D eigenvalue weighted by Crippen LogP contribution is -2.51. The summed E-state index contributed by atoms with van der Waals surface area (Å²) in [6, 6.07) is 23.9. The van der Waals surface area contributed by atoms with Gasteiger partial charge in [0.15, 0.2) is 46.0 Å². The van der Waals surface area contributed by atoms with E-state index in [-0.39, 0.29) is 28.5 Å². The van der Waals surface area contributed by atoms with Crippen molar-refractivity contribution in [1.29, 1.82) is 10.5 Å². The Bertz CT molecular complexity index is 3430. The normalized spacial score (nSPS) is 14.3. The summed E-state index contributed by atoms with van der Waals surface area (Å²) in [6.07, 6.45) is -7.07. The van der Waals surface area contributed by atoms with Crippen LogP contribution in [0.1, 0.15) is 141 Å². The van der Waals surface area contributed by atoms with Gasteiger partial charge in [-0.1, -0.05) is 51.0 Å². The molecule has 0 aliphatic heterocycles. The summed E-state index contributed by atoms with van der Waals surface area (Å²) in [5.41, 5.74) is 0.643. The van der Waals surface area contributed by atoms with Gasteiger partial charge in [-0.2, -0.15) is 10.5 Å². The van der Waals surface area contributed by atoms with Crippen LogP contribution in [0.4, 0.5) is 0 Å². The molecule has 10 atom stereocenters. The van der Waals surface area contributed by atoms with E-state index in [1.807, 2.05) is 63.7 Å². The number of nitrogens with zero attached hydrogens (tertiary/aromatic N) is 10. The molecular weight excluding hydrogens is 1410 g/mol. The first kappa shape index (κ1) is 90.0. The second-order valence-electron chi connectivity index (χ2n) is 25.1. The largest absolute Gasteiger partial charge is 0.493 e. The van der Waals surface area contributed by atoms with Crippen LogP contribution in [-0.4, -0.2) is 202 Å². The number of carbonyl (C=O) groups is 4. The second kappa shape index (κ2) is 43.3. The zero-order chi connectivity index (χ0) is 79.2. The van der Waals surface area contributed by atoms with Crippen molar-refractivity contribution in [2.45, 2.75) is 167 Å². The van der Waals surface area contributed by atoms with Crippen LogP contribution in [0.3, 0.4) is 0 Å². The Morgan fingerprint density at radius 2 is 0.720 bits per heavy atom. The molecule has 0 aromatic heterocycles. The Morgan fingerprint density at radius 3 is 0.981 bits per heavy atom. The highest BCUT2D eigenvalue weighted by molar-refractivity contribution is 6.30. The number of amides is 2. The molecule has 0 aliphatic rings. The molecule has 0 heterocycles. The van der Waals surface area contributed by atoms with Gasteiger partial charge in [-0.05, 0) is 178 Å². The van der Waals surface area contributed by atoms with Gasteiger partial charge in [0.05, 0.1) is 65.6 Å². The minimum Gasteiger partial charge on any atom is -0.493 e. The summed E-state index contributed by atoms with van der Waals surface area (Å²) >= 11 is 0. The molecule has 4 aromatic rings. The number of benzene rings is 4. The van der Waals surface area contributed by atoms with Gasteiger partial charge < -0.3 is 82.0 Å². The van der Waals surface area contributed by atoms with E-state index in [1.165, 1.54) is 66.9 Å². The fourth-order valence-electron chi connectivity index (χ4n) is 12.1. The lowest BCUT2D eigenvalue weighted by molar-refractivity contribution is -0.768. The fourth-order valence-corrected chi connectivity index (χ4v) is 12.1. The van der Waals surface area contributed by atoms with Crippen molar-refractivity contribution >= 4 is 23.8 Å². The van der Waals surface area contributed by atoms with Crippen LogP contribution in [0, 0.1) is 63.1 Å². The SMILES string of the molecule is CCCC(C#N)(CCCN(C)C(C)c1ccc(OC)c(OC(OC(=O)C(=O)OC(Oc2cc(C(C)N(C)CCCC(C#N)(CCC)c3ccc(OC)c(OC)c3)ccc2OC)C(=O)N(CC(C)O[N+](=O)[O-])CC(C)O[N+](=O)[O-])C(=O)N(CC(C)O[N+](=O)[O-])CC(C)O[N+](=O)[O-])c1)c1ccc(OC)c(OC)c1.O. The van der Waals surface area contributed by atoms with Gasteiger partial charge in [-0.15, -0.1) is 40.5 Å². The number of nitriles is 2. The summed E-state index contributed by atoms with van der Waals surface area (Å²) in [5.74, 6) is -6.08. The molecule has 4 rings (SSSR count). The third-order valence-electron chi connectivity index (χ3n) is 17.6. The average molecular weight is 1510 g/mol. The molecule has 0 bridgehead atoms. The Kier molecular flexibility index (Phi) is 36.4. The van der Waals surface area contributed by atoms with Crippen molar-refractivity contribution in [1.82, 2.24) is 19.6 Å². The molecule has 0 saturated carbocycles. The van der Waals surface area contributed by atoms with Crippen molar-refractivity contribution < 1.29 is 112 Å². The van der Waals surface area contributed by atoms with Gasteiger partial charge in [0.1, 0.15) is 24.4 Å². The first-order valence-corrected chi connectivity index (χ1v) is 33.9. The van der Waals surface area contributed by atoms with Crippen molar-refractivity contribution in [2.75, 3.05) is 96.0 Å². The van der Waals surface area contributed by atoms with E-state index in [1.54, 1.807) is 36.4 Å². The number of ether oxygens (including phenoxy) is 10. The highest BCUT2D eigenvalue weighted by Crippen LogP contribution is 2.42. The van der Waals surface area contributed by atoms with Crippen molar-refractivity contribution in [3.05, 3.63) is 136 Å². The first-order chi connectivity index (χ1) is 50.2. The monoisotopic (exact) mass is 1510 g/mol. The van der Waals surface area contributed by atoms with Crippen molar-refractivity contribution in [2.24, 2.45) is 0 Å². The molecule has 590 valence electrons. The highest BCUT2D eigenvalue weighted by atomic mass is 17.0. The number of rotatable bonds is 48. The first-order valence-electron chi connectivity index (χ1n) is 33.9. The van der Waals surface area contributed by atoms with E-state index in [0.29, 0.717) is 108 Å². The molecule has 0 aliphatic carbocycles. The summed E-state index contributed by atoms with van der Waals surface area (Å²) < 4.78 is 56.7. The maximum atomic E-state index is 15.1. The molecule has 0 fully saturated rings. The van der Waals surface area contributed by atoms with E-state index in [9.17, 15) is 60.6 Å². The average Bonchev–Trinajstić information content (AvgIpc) is 0.815. The van der Waals surface area contributed by atoms with Crippen LogP contribution in [0.25, 0.3) is 0 Å². The molecule has 107 heavy (non-hydrogen) atoms. The molecule has 4 aromatic carbocycles. The van der Waals surface area contributed by atoms with Gasteiger partial charge in [0, 0.05) is 38.3 Å². The van der Waals surface area contributed by atoms with Crippen LogP contribution in [0.5, 0.6) is 46.0 Å². The third-order valence-corrected chi connectivity index (χ3v) is 17.6. The summed E-state index contributed by atoms with van der Waals surface area (Å²) in [6.45, 7) is 9.95. The Labute approximate surface area is 619 Å². The maximum Gasteiger partial charge on any atom is 0.421 e. The van der Waals surface area contributed by atoms with E-state index in [0.717, 1.165) is 38.8 Å². The van der Waals surface area contributed by atoms with E-state index >= 15 is 9.59 Å². The molecule has 0 saturated heterocycles. The Morgan fingerprint density at radius 1 is 0.439 bits per heavy atom. The van der Waals surface area contributed by atoms with Gasteiger partial charge in [-0.25, -0.2) is 9.59 Å². The molecule has 2 N–H and O–H groups in total. The van der Waals surface area contributed by atoms with E-state index in [2.05, 4.69) is 31.5 Å². The fraction of sp³-hybridized carbons (Fsp3) is 0.571. The molecule has 2 amide bonds. The Balaban J connectivity index is 0.0000297. The van der Waals surface area contributed by atoms with Gasteiger partial charge >= 0.3 is 36.3 Å². The Hall–Kier alpha value is -11.2. The number of carbonyl (C=O) groups excluding carboxylic acids is 4. The predicted molar refractivity (Wildman–Crippen MR) is 378 cm³/mol. The summed E-state index contributed by atoms with van der Waals surface area (Å²) in [7, 11) is 12.1. The zero-order valence-corrected chi connectivity index (χ0v) is 63.0. The molecule has 10 unspecified atom stereocenters. The van der Waals surface area contributed by atoms with Crippen LogP contribution in [-0.2, 0) is 58.8 Å². The van der Waals surface area contributed by atoms with E-state index in [4.69, 9.17) is 47.4 Å². The molecular formula is C70H98N10O27. The third kappa shape index (κ3) is 26.1. The predicted octanol–water partition coefficient (Wildman–Crippen LogP) is 8.22. The summed E-state index contributed by atoms with van der Waals surface area (Å²) in [5, 5.41) is 63.1. The lowest BCUT2D eigenvalue weighted by atomic mass is 9.74. The molecule has 37 nitrogen and oxygen atoms in total. The topological polar surface area (TPSA) is 462 Å². The minimum atomic E-state index is -2.67. The molecule has 37 heteroatoms. The second-order valence-corrected chi connectivity index (χ2v) is 25.1. The van der Waals surface area contributed by atoms with Gasteiger partial charge in [-0.3, -0.25) is 19.4 Å². The standard InChI is InChI=1S/C70H96N10O26.H2O/c1-17-29-69(43-71,53-23-27-55(93-11)59(37-53)97-15)31-19-33-73(9)49(7)51-21-25-57(95-13)61(35-51)99-67(63(81)75(39-45(3)103-77(85)86)40-46(4)104-78(87)88)101-65(83)66(84)102-68(64(82)76(41-47(5)105-79(89)90)42-48(6)106-80(91)92)100-62-36-52(22-26-58(62)96-14)50(8)74(10)34-20-32-70(44-72,30-18-2)54-24-28-56(94-12)60(38-54)98-16;/h21-28,35-38,45-50,67-68H,17-20,29-34,39-42H2,1-16H3;1H2. The van der Waals surface area contributed by atoms with Crippen molar-refractivity contribution in [3.8, 4) is 58.1 Å². The number of esters is 2. The van der Waals surface area contributed by atoms with Crippen LogP contribution < -0.4 is 37.9 Å². The summed E-state index contributed by atoms with van der Waals surface area (Å²) in [4.78, 5) is 130. The van der Waals surface area contributed by atoms with Crippen LogP contribution >= 0.6 is 0 Å². The van der Waals surface area contributed by atoms with Crippen LogP contribution in [0.15, 0.2) is 72.8 Å². The number of hydrogen-bond donors (Lipinski definition) is 0. The lowest BCUT2D eigenvalue weighted by Gasteiger charge is -2.31. The van der Waals surface area contributed by atoms with Crippen LogP contribution in [0.2, 0.25) is 0 Å².